The van der Waals surface area contributed by atoms with Gasteiger partial charge in [0, 0.05) is 14.2 Å². The Labute approximate surface area is 139 Å². The van der Waals surface area contributed by atoms with Gasteiger partial charge < -0.3 is 14.4 Å². The molecule has 2 aromatic heterocycles. The lowest BCUT2D eigenvalue weighted by Crippen LogP contribution is -2.08. The summed E-state index contributed by atoms with van der Waals surface area (Å²) in [5, 5.41) is 8.11. The second-order valence-corrected chi connectivity index (χ2v) is 7.33. The summed E-state index contributed by atoms with van der Waals surface area (Å²) in [5.74, 6) is 0.536. The molecule has 3 aromatic rings. The molecule has 0 spiro atoms. The first-order valence-corrected chi connectivity index (χ1v) is 9.03. The third kappa shape index (κ3) is 3.46. The van der Waals surface area contributed by atoms with Crippen molar-refractivity contribution in [1.29, 1.82) is 0 Å². The molecule has 0 aliphatic heterocycles. The number of aromatic nitrogens is 4. The van der Waals surface area contributed by atoms with Crippen LogP contribution in [-0.2, 0) is 20.2 Å². The fraction of sp³-hybridized carbons (Fsp3) is 0.267. The van der Waals surface area contributed by atoms with Gasteiger partial charge in [0.2, 0.25) is 0 Å². The molecule has 9 heteroatoms. The minimum atomic E-state index is -3.17. The second kappa shape index (κ2) is 7.09. The Kier molecular flexibility index (Phi) is 4.89. The number of anilines is 1. The Morgan fingerprint density at radius 2 is 1.92 bits per heavy atom. The van der Waals surface area contributed by atoms with Gasteiger partial charge >= 0.3 is 7.60 Å². The number of hydrogen-bond donors (Lipinski definition) is 1. The quantitative estimate of drug-likeness (QED) is 0.657. The van der Waals surface area contributed by atoms with Gasteiger partial charge in [-0.05, 0) is 5.56 Å². The summed E-state index contributed by atoms with van der Waals surface area (Å²) in [6.07, 6.45) is 3.14. The summed E-state index contributed by atoms with van der Waals surface area (Å²) < 4.78 is 23.8. The third-order valence-electron chi connectivity index (χ3n) is 3.61. The van der Waals surface area contributed by atoms with Gasteiger partial charge in [0.05, 0.1) is 18.1 Å². The first kappa shape index (κ1) is 16.6. The van der Waals surface area contributed by atoms with Crippen molar-refractivity contribution in [3.05, 3.63) is 48.4 Å². The Morgan fingerprint density at radius 3 is 2.62 bits per heavy atom. The molecule has 1 N–H and O–H groups in total. The van der Waals surface area contributed by atoms with Crippen molar-refractivity contribution in [3.8, 4) is 0 Å². The monoisotopic (exact) mass is 347 g/mol. The summed E-state index contributed by atoms with van der Waals surface area (Å²) in [6, 6.07) is 9.99. The van der Waals surface area contributed by atoms with E-state index in [1.807, 2.05) is 30.3 Å². The SMILES string of the molecule is COP(=O)(CNc1ncnc2c1cnn2Cc1ccccc1)OC. The van der Waals surface area contributed by atoms with Crippen molar-refractivity contribution >= 4 is 24.4 Å². The summed E-state index contributed by atoms with van der Waals surface area (Å²) in [6.45, 7) is 0.607. The lowest BCUT2D eigenvalue weighted by molar-refractivity contribution is 0.278. The van der Waals surface area contributed by atoms with Crippen molar-refractivity contribution in [1.82, 2.24) is 19.7 Å². The van der Waals surface area contributed by atoms with E-state index in [9.17, 15) is 4.57 Å². The topological polar surface area (TPSA) is 91.2 Å². The maximum Gasteiger partial charge on any atom is 0.349 e. The van der Waals surface area contributed by atoms with E-state index in [1.54, 1.807) is 10.9 Å². The van der Waals surface area contributed by atoms with Crippen LogP contribution in [0.5, 0.6) is 0 Å². The minimum absolute atomic E-state index is 0.00990. The standard InChI is InChI=1S/C15H18N5O3P/c1-22-24(21,23-2)11-18-14-13-8-19-20(15(13)17-10-16-14)9-12-6-4-3-5-7-12/h3-8,10H,9,11H2,1-2H3,(H,16,17,18). The maximum atomic E-state index is 12.1. The van der Waals surface area contributed by atoms with Crippen LogP contribution < -0.4 is 5.32 Å². The van der Waals surface area contributed by atoms with E-state index in [2.05, 4.69) is 20.4 Å². The van der Waals surface area contributed by atoms with Gasteiger partial charge in [-0.2, -0.15) is 5.10 Å². The molecule has 0 amide bonds. The highest BCUT2D eigenvalue weighted by Gasteiger charge is 2.21. The van der Waals surface area contributed by atoms with Gasteiger partial charge in [-0.1, -0.05) is 30.3 Å². The smallest absolute Gasteiger partial charge is 0.349 e. The molecule has 0 aliphatic rings. The third-order valence-corrected chi connectivity index (χ3v) is 5.26. The largest absolute Gasteiger partial charge is 0.358 e. The molecule has 0 atom stereocenters. The molecule has 3 rings (SSSR count). The van der Waals surface area contributed by atoms with Gasteiger partial charge in [0.25, 0.3) is 0 Å². The highest BCUT2D eigenvalue weighted by Crippen LogP contribution is 2.45. The maximum absolute atomic E-state index is 12.1. The Hall–Kier alpha value is -2.28. The van der Waals surface area contributed by atoms with Crippen LogP contribution in [0.25, 0.3) is 11.0 Å². The number of nitrogens with one attached hydrogen (secondary N) is 1. The van der Waals surface area contributed by atoms with Crippen LogP contribution in [-0.4, -0.2) is 40.3 Å². The van der Waals surface area contributed by atoms with E-state index in [0.29, 0.717) is 18.0 Å². The van der Waals surface area contributed by atoms with Crippen LogP contribution in [0.1, 0.15) is 5.56 Å². The molecule has 2 heterocycles. The van der Waals surface area contributed by atoms with Gasteiger partial charge in [0.15, 0.2) is 5.65 Å². The molecule has 0 unspecified atom stereocenters. The molecule has 0 bridgehead atoms. The zero-order chi connectivity index (χ0) is 17.0. The normalized spacial score (nSPS) is 11.8. The number of fused-ring (bicyclic) bond motifs is 1. The summed E-state index contributed by atoms with van der Waals surface area (Å²) in [4.78, 5) is 8.49. The number of rotatable bonds is 7. The summed E-state index contributed by atoms with van der Waals surface area (Å²) in [7, 11) is -0.478. The van der Waals surface area contributed by atoms with Gasteiger partial charge in [0.1, 0.15) is 18.4 Å². The highest BCUT2D eigenvalue weighted by atomic mass is 31.2. The highest BCUT2D eigenvalue weighted by molar-refractivity contribution is 7.53. The Morgan fingerprint density at radius 1 is 1.17 bits per heavy atom. The van der Waals surface area contributed by atoms with Crippen molar-refractivity contribution < 1.29 is 13.6 Å². The van der Waals surface area contributed by atoms with E-state index in [-0.39, 0.29) is 6.29 Å². The molecular weight excluding hydrogens is 329 g/mol. The molecule has 0 saturated heterocycles. The summed E-state index contributed by atoms with van der Waals surface area (Å²) >= 11 is 0. The molecule has 0 radical (unpaired) electrons. The number of nitrogens with zero attached hydrogens (tertiary/aromatic N) is 4. The van der Waals surface area contributed by atoms with Crippen molar-refractivity contribution in [2.75, 3.05) is 25.8 Å². The van der Waals surface area contributed by atoms with Crippen LogP contribution in [0.15, 0.2) is 42.9 Å². The van der Waals surface area contributed by atoms with E-state index in [4.69, 9.17) is 9.05 Å². The van der Waals surface area contributed by atoms with Gasteiger partial charge in [-0.15, -0.1) is 0 Å². The number of benzene rings is 1. The second-order valence-electron chi connectivity index (χ2n) is 5.06. The fourth-order valence-electron chi connectivity index (χ4n) is 2.28. The molecule has 24 heavy (non-hydrogen) atoms. The number of hydrogen-bond acceptors (Lipinski definition) is 7. The first-order chi connectivity index (χ1) is 11.6. The van der Waals surface area contributed by atoms with Crippen LogP contribution in [0, 0.1) is 0 Å². The molecule has 0 saturated carbocycles. The molecule has 8 nitrogen and oxygen atoms in total. The van der Waals surface area contributed by atoms with Crippen molar-refractivity contribution in [2.24, 2.45) is 0 Å². The van der Waals surface area contributed by atoms with E-state index < -0.39 is 7.60 Å². The lowest BCUT2D eigenvalue weighted by Gasteiger charge is -2.14. The van der Waals surface area contributed by atoms with Crippen LogP contribution in [0.2, 0.25) is 0 Å². The zero-order valence-corrected chi connectivity index (χ0v) is 14.3. The van der Waals surface area contributed by atoms with Gasteiger partial charge in [-0.3, -0.25) is 4.57 Å². The van der Waals surface area contributed by atoms with Gasteiger partial charge in [-0.25, -0.2) is 14.6 Å². The van der Waals surface area contributed by atoms with Crippen molar-refractivity contribution in [3.63, 3.8) is 0 Å². The lowest BCUT2D eigenvalue weighted by atomic mass is 10.2. The summed E-state index contributed by atoms with van der Waals surface area (Å²) in [5.41, 5.74) is 1.82. The molecule has 1 aromatic carbocycles. The van der Waals surface area contributed by atoms with E-state index >= 15 is 0 Å². The first-order valence-electron chi connectivity index (χ1n) is 7.30. The average molecular weight is 347 g/mol. The predicted octanol–water partition coefficient (Wildman–Crippen LogP) is 2.73. The average Bonchev–Trinajstić information content (AvgIpc) is 3.04. The molecular formula is C15H18N5O3P. The Balaban J connectivity index is 1.85. The van der Waals surface area contributed by atoms with Crippen LogP contribution in [0.3, 0.4) is 0 Å². The fourth-order valence-corrected chi connectivity index (χ4v) is 3.03. The van der Waals surface area contributed by atoms with Crippen molar-refractivity contribution in [2.45, 2.75) is 6.54 Å². The van der Waals surface area contributed by atoms with E-state index in [0.717, 1.165) is 10.9 Å². The van der Waals surface area contributed by atoms with E-state index in [1.165, 1.54) is 20.5 Å². The minimum Gasteiger partial charge on any atom is -0.358 e. The Bertz CT molecular complexity index is 860. The van der Waals surface area contributed by atoms with Crippen LogP contribution >= 0.6 is 7.60 Å². The van der Waals surface area contributed by atoms with Crippen LogP contribution in [0.4, 0.5) is 5.82 Å². The molecule has 126 valence electrons. The molecule has 0 aliphatic carbocycles. The zero-order valence-electron chi connectivity index (χ0n) is 13.4. The predicted molar refractivity (Wildman–Crippen MR) is 91.0 cm³/mol. The molecule has 0 fully saturated rings.